The number of nitrogens with one attached hydrogen (secondary N) is 1. The summed E-state index contributed by atoms with van der Waals surface area (Å²) in [5.74, 6) is 0.0933. The van der Waals surface area contributed by atoms with Crippen molar-refractivity contribution in [3.63, 3.8) is 0 Å². The van der Waals surface area contributed by atoms with Gasteiger partial charge in [0, 0.05) is 32.7 Å². The number of morpholine rings is 1. The molecule has 2 aliphatic rings. The van der Waals surface area contributed by atoms with Crippen molar-refractivity contribution in [2.45, 2.75) is 17.4 Å². The Kier molecular flexibility index (Phi) is 5.50. The van der Waals surface area contributed by atoms with Crippen molar-refractivity contribution in [2.75, 3.05) is 45.9 Å². The highest BCUT2D eigenvalue weighted by Crippen LogP contribution is 2.18. The molecule has 8 heteroatoms. The summed E-state index contributed by atoms with van der Waals surface area (Å²) < 4.78 is 32.2. The van der Waals surface area contributed by atoms with Gasteiger partial charge in [-0.05, 0) is 18.6 Å². The van der Waals surface area contributed by atoms with Crippen LogP contribution in [0.4, 0.5) is 0 Å². The highest BCUT2D eigenvalue weighted by molar-refractivity contribution is 7.89. The minimum Gasteiger partial charge on any atom is -0.379 e. The van der Waals surface area contributed by atoms with E-state index in [-0.39, 0.29) is 23.4 Å². The molecule has 2 saturated heterocycles. The minimum atomic E-state index is -3.52. The van der Waals surface area contributed by atoms with Crippen LogP contribution in [0.5, 0.6) is 0 Å². The maximum Gasteiger partial charge on any atom is 0.240 e. The van der Waals surface area contributed by atoms with Gasteiger partial charge in [-0.25, -0.2) is 13.1 Å². The fourth-order valence-corrected chi connectivity index (χ4v) is 4.21. The standard InChI is InChI=1S/C16H23N3O4S/c20-16-15(18-10-12-23-13-11-18)6-8-19(16)9-7-17-24(21,22)14-4-2-1-3-5-14/h1-5,15,17H,6-13H2. The van der Waals surface area contributed by atoms with Gasteiger partial charge in [0.1, 0.15) is 0 Å². The van der Waals surface area contributed by atoms with Crippen LogP contribution >= 0.6 is 0 Å². The summed E-state index contributed by atoms with van der Waals surface area (Å²) in [6.07, 6.45) is 0.796. The number of sulfonamides is 1. The first-order valence-electron chi connectivity index (χ1n) is 8.23. The third-order valence-corrected chi connectivity index (χ3v) is 5.96. The van der Waals surface area contributed by atoms with Crippen molar-refractivity contribution in [1.29, 1.82) is 0 Å². The molecule has 1 atom stereocenters. The summed E-state index contributed by atoms with van der Waals surface area (Å²) in [7, 11) is -3.52. The molecular weight excluding hydrogens is 330 g/mol. The average Bonchev–Trinajstić information content (AvgIpc) is 2.97. The predicted molar refractivity (Wildman–Crippen MR) is 89.0 cm³/mol. The number of amides is 1. The first-order chi connectivity index (χ1) is 11.6. The van der Waals surface area contributed by atoms with Crippen LogP contribution in [0.2, 0.25) is 0 Å². The molecule has 7 nitrogen and oxygen atoms in total. The largest absolute Gasteiger partial charge is 0.379 e. The summed E-state index contributed by atoms with van der Waals surface area (Å²) in [6, 6.07) is 8.17. The van der Waals surface area contributed by atoms with Crippen molar-refractivity contribution in [1.82, 2.24) is 14.5 Å². The van der Waals surface area contributed by atoms with Crippen LogP contribution in [-0.4, -0.2) is 76.1 Å². The number of rotatable bonds is 6. The van der Waals surface area contributed by atoms with E-state index in [4.69, 9.17) is 4.74 Å². The van der Waals surface area contributed by atoms with Crippen molar-refractivity contribution < 1.29 is 17.9 Å². The Bertz CT molecular complexity index is 659. The zero-order valence-electron chi connectivity index (χ0n) is 13.6. The second-order valence-corrected chi connectivity index (χ2v) is 7.76. The fraction of sp³-hybridized carbons (Fsp3) is 0.562. The van der Waals surface area contributed by atoms with Crippen LogP contribution in [0, 0.1) is 0 Å². The highest BCUT2D eigenvalue weighted by Gasteiger charge is 2.36. The van der Waals surface area contributed by atoms with Gasteiger partial charge in [-0.2, -0.15) is 0 Å². The molecule has 0 saturated carbocycles. The van der Waals surface area contributed by atoms with Gasteiger partial charge in [0.25, 0.3) is 0 Å². The summed E-state index contributed by atoms with van der Waals surface area (Å²) in [5.41, 5.74) is 0. The maximum atomic E-state index is 12.5. The Morgan fingerprint density at radius 2 is 1.83 bits per heavy atom. The fourth-order valence-electron chi connectivity index (χ4n) is 3.17. The summed E-state index contributed by atoms with van der Waals surface area (Å²) in [6.45, 7) is 4.19. The Balaban J connectivity index is 1.50. The molecule has 2 fully saturated rings. The number of benzene rings is 1. The zero-order chi connectivity index (χ0) is 17.0. The number of ether oxygens (including phenoxy) is 1. The van der Waals surface area contributed by atoms with Gasteiger partial charge in [-0.1, -0.05) is 18.2 Å². The van der Waals surface area contributed by atoms with Gasteiger partial charge >= 0.3 is 0 Å². The number of nitrogens with zero attached hydrogens (tertiary/aromatic N) is 2. The Labute approximate surface area is 142 Å². The number of hydrogen-bond donors (Lipinski definition) is 1. The molecule has 132 valence electrons. The third-order valence-electron chi connectivity index (χ3n) is 4.48. The summed E-state index contributed by atoms with van der Waals surface area (Å²) >= 11 is 0. The van der Waals surface area contributed by atoms with E-state index in [0.717, 1.165) is 19.5 Å². The molecule has 1 aromatic carbocycles. The minimum absolute atomic E-state index is 0.0837. The third kappa shape index (κ3) is 3.94. The van der Waals surface area contributed by atoms with Gasteiger partial charge in [0.05, 0.1) is 24.2 Å². The predicted octanol–water partition coefficient (Wildman–Crippen LogP) is -0.102. The van der Waals surface area contributed by atoms with E-state index in [9.17, 15) is 13.2 Å². The molecule has 1 amide bonds. The van der Waals surface area contributed by atoms with E-state index in [1.165, 1.54) is 0 Å². The quantitative estimate of drug-likeness (QED) is 0.773. The van der Waals surface area contributed by atoms with Gasteiger partial charge in [-0.3, -0.25) is 9.69 Å². The Morgan fingerprint density at radius 3 is 2.54 bits per heavy atom. The van der Waals surface area contributed by atoms with Crippen LogP contribution in [0.1, 0.15) is 6.42 Å². The van der Waals surface area contributed by atoms with Gasteiger partial charge in [0.15, 0.2) is 0 Å². The molecule has 1 N–H and O–H groups in total. The smallest absolute Gasteiger partial charge is 0.240 e. The lowest BCUT2D eigenvalue weighted by Gasteiger charge is -2.31. The molecule has 2 aliphatic heterocycles. The van der Waals surface area contributed by atoms with Gasteiger partial charge in [-0.15, -0.1) is 0 Å². The van der Waals surface area contributed by atoms with Crippen LogP contribution in [0.25, 0.3) is 0 Å². The molecular formula is C16H23N3O4S. The molecule has 0 bridgehead atoms. The van der Waals surface area contributed by atoms with Crippen molar-refractivity contribution in [2.24, 2.45) is 0 Å². The Hall–Kier alpha value is -1.48. The van der Waals surface area contributed by atoms with E-state index < -0.39 is 10.0 Å². The van der Waals surface area contributed by atoms with Crippen LogP contribution in [-0.2, 0) is 19.6 Å². The second kappa shape index (κ2) is 7.60. The van der Waals surface area contributed by atoms with E-state index in [1.807, 2.05) is 0 Å². The average molecular weight is 353 g/mol. The number of carbonyl (C=O) groups excluding carboxylic acids is 1. The first-order valence-corrected chi connectivity index (χ1v) is 9.71. The molecule has 0 aliphatic carbocycles. The summed E-state index contributed by atoms with van der Waals surface area (Å²) in [5, 5.41) is 0. The van der Waals surface area contributed by atoms with Gasteiger partial charge in [0.2, 0.25) is 15.9 Å². The van der Waals surface area contributed by atoms with E-state index in [1.54, 1.807) is 35.2 Å². The first kappa shape index (κ1) is 17.3. The lowest BCUT2D eigenvalue weighted by atomic mass is 10.2. The van der Waals surface area contributed by atoms with Crippen LogP contribution in [0.3, 0.4) is 0 Å². The molecule has 0 radical (unpaired) electrons. The summed E-state index contributed by atoms with van der Waals surface area (Å²) in [4.78, 5) is 16.6. The Morgan fingerprint density at radius 1 is 1.12 bits per heavy atom. The number of likely N-dealkylation sites (tertiary alicyclic amines) is 1. The lowest BCUT2D eigenvalue weighted by Crippen LogP contribution is -2.48. The SMILES string of the molecule is O=C1C(N2CCOCC2)CCN1CCNS(=O)(=O)c1ccccc1. The van der Waals surface area contributed by atoms with E-state index in [0.29, 0.717) is 26.3 Å². The van der Waals surface area contributed by atoms with Crippen molar-refractivity contribution in [3.05, 3.63) is 30.3 Å². The van der Waals surface area contributed by atoms with Crippen molar-refractivity contribution >= 4 is 15.9 Å². The molecule has 0 aromatic heterocycles. The lowest BCUT2D eigenvalue weighted by molar-refractivity contribution is -0.133. The molecule has 0 spiro atoms. The van der Waals surface area contributed by atoms with Crippen LogP contribution in [0.15, 0.2) is 35.2 Å². The van der Waals surface area contributed by atoms with E-state index in [2.05, 4.69) is 9.62 Å². The van der Waals surface area contributed by atoms with Crippen molar-refractivity contribution in [3.8, 4) is 0 Å². The highest BCUT2D eigenvalue weighted by atomic mass is 32.2. The topological polar surface area (TPSA) is 79.0 Å². The molecule has 1 aromatic rings. The zero-order valence-corrected chi connectivity index (χ0v) is 14.4. The monoisotopic (exact) mass is 353 g/mol. The molecule has 24 heavy (non-hydrogen) atoms. The molecule has 1 unspecified atom stereocenters. The number of hydrogen-bond acceptors (Lipinski definition) is 5. The maximum absolute atomic E-state index is 12.5. The van der Waals surface area contributed by atoms with E-state index >= 15 is 0 Å². The van der Waals surface area contributed by atoms with Gasteiger partial charge < -0.3 is 9.64 Å². The molecule has 3 rings (SSSR count). The van der Waals surface area contributed by atoms with Crippen LogP contribution < -0.4 is 4.72 Å². The second-order valence-electron chi connectivity index (χ2n) is 5.99. The number of carbonyl (C=O) groups is 1. The normalized spacial score (nSPS) is 22.9. The molecule has 2 heterocycles.